The van der Waals surface area contributed by atoms with Crippen LogP contribution in [-0.4, -0.2) is 59.9 Å². The molecule has 0 saturated carbocycles. The van der Waals surface area contributed by atoms with Crippen LogP contribution in [0.2, 0.25) is 0 Å². The van der Waals surface area contributed by atoms with Crippen LogP contribution in [0.3, 0.4) is 0 Å². The van der Waals surface area contributed by atoms with Crippen LogP contribution in [-0.2, 0) is 4.79 Å². The number of rotatable bonds is 7. The molecule has 0 bridgehead atoms. The summed E-state index contributed by atoms with van der Waals surface area (Å²) in [4.78, 5) is 12.6. The molecule has 2 atom stereocenters. The minimum Gasteiger partial charge on any atom is -0.480 e. The standard InChI is InChI=1S/C10H22N2O3/c1-5-8(9(13)14)11-6-10(2,15)7-12(3)4/h8,11,15H,5-7H2,1-4H3,(H,13,14). The summed E-state index contributed by atoms with van der Waals surface area (Å²) in [6.45, 7) is 4.26. The summed E-state index contributed by atoms with van der Waals surface area (Å²) in [5, 5.41) is 21.5. The quantitative estimate of drug-likeness (QED) is 0.549. The van der Waals surface area contributed by atoms with E-state index in [-0.39, 0.29) is 6.54 Å². The normalized spacial score (nSPS) is 17.5. The van der Waals surface area contributed by atoms with E-state index < -0.39 is 17.6 Å². The van der Waals surface area contributed by atoms with Gasteiger partial charge in [-0.05, 0) is 27.4 Å². The molecule has 0 heterocycles. The van der Waals surface area contributed by atoms with Gasteiger partial charge in [0.2, 0.25) is 0 Å². The van der Waals surface area contributed by atoms with E-state index in [1.807, 2.05) is 19.0 Å². The predicted molar refractivity (Wildman–Crippen MR) is 58.9 cm³/mol. The maximum Gasteiger partial charge on any atom is 0.320 e. The van der Waals surface area contributed by atoms with E-state index in [1.165, 1.54) is 0 Å². The number of likely N-dealkylation sites (N-methyl/N-ethyl adjacent to an activating group) is 1. The van der Waals surface area contributed by atoms with Crippen molar-refractivity contribution in [2.75, 3.05) is 27.2 Å². The lowest BCUT2D eigenvalue weighted by Crippen LogP contribution is -2.49. The summed E-state index contributed by atoms with van der Waals surface area (Å²) < 4.78 is 0. The molecule has 0 saturated heterocycles. The first-order valence-corrected chi connectivity index (χ1v) is 5.12. The summed E-state index contributed by atoms with van der Waals surface area (Å²) in [7, 11) is 3.73. The molecule has 0 amide bonds. The fourth-order valence-electron chi connectivity index (χ4n) is 1.49. The minimum absolute atomic E-state index is 0.274. The molecule has 0 aromatic heterocycles. The molecule has 15 heavy (non-hydrogen) atoms. The van der Waals surface area contributed by atoms with Crippen molar-refractivity contribution in [3.05, 3.63) is 0 Å². The summed E-state index contributed by atoms with van der Waals surface area (Å²) in [6, 6.07) is -0.585. The Morgan fingerprint density at radius 2 is 2.07 bits per heavy atom. The van der Waals surface area contributed by atoms with Crippen molar-refractivity contribution < 1.29 is 15.0 Å². The van der Waals surface area contributed by atoms with Gasteiger partial charge in [0.1, 0.15) is 6.04 Å². The lowest BCUT2D eigenvalue weighted by molar-refractivity contribution is -0.139. The second-order valence-electron chi connectivity index (χ2n) is 4.41. The number of carbonyl (C=O) groups is 1. The number of carboxylic acid groups (broad SMARTS) is 1. The van der Waals surface area contributed by atoms with Gasteiger partial charge in [-0.25, -0.2) is 0 Å². The molecule has 5 heteroatoms. The average Bonchev–Trinajstić information content (AvgIpc) is 2.01. The Bertz CT molecular complexity index is 205. The molecule has 2 unspecified atom stereocenters. The lowest BCUT2D eigenvalue weighted by Gasteiger charge is -2.28. The molecule has 3 N–H and O–H groups in total. The molecule has 0 fully saturated rings. The summed E-state index contributed by atoms with van der Waals surface area (Å²) in [6.07, 6.45) is 0.507. The van der Waals surface area contributed by atoms with Crippen molar-refractivity contribution in [3.8, 4) is 0 Å². The lowest BCUT2D eigenvalue weighted by atomic mass is 10.1. The van der Waals surface area contributed by atoms with Crippen LogP contribution in [0.25, 0.3) is 0 Å². The van der Waals surface area contributed by atoms with Crippen molar-refractivity contribution in [1.29, 1.82) is 0 Å². The molecule has 0 radical (unpaired) electrons. The molecule has 0 aromatic rings. The van der Waals surface area contributed by atoms with Crippen molar-refractivity contribution in [1.82, 2.24) is 10.2 Å². The van der Waals surface area contributed by atoms with Crippen LogP contribution < -0.4 is 5.32 Å². The first-order chi connectivity index (χ1) is 6.78. The maximum absolute atomic E-state index is 10.7. The summed E-state index contributed by atoms with van der Waals surface area (Å²) >= 11 is 0. The smallest absolute Gasteiger partial charge is 0.320 e. The van der Waals surface area contributed by atoms with Gasteiger partial charge in [0.25, 0.3) is 0 Å². The summed E-state index contributed by atoms with van der Waals surface area (Å²) in [5.74, 6) is -0.877. The Morgan fingerprint density at radius 1 is 1.53 bits per heavy atom. The molecule has 90 valence electrons. The first-order valence-electron chi connectivity index (χ1n) is 5.12. The van der Waals surface area contributed by atoms with Crippen LogP contribution in [0.15, 0.2) is 0 Å². The van der Waals surface area contributed by atoms with Gasteiger partial charge >= 0.3 is 5.97 Å². The Hall–Kier alpha value is -0.650. The predicted octanol–water partition coefficient (Wildman–Crippen LogP) is -0.248. The highest BCUT2D eigenvalue weighted by Gasteiger charge is 2.24. The average molecular weight is 218 g/mol. The van der Waals surface area contributed by atoms with Crippen molar-refractivity contribution in [2.45, 2.75) is 31.9 Å². The second kappa shape index (κ2) is 6.05. The van der Waals surface area contributed by atoms with Crippen LogP contribution in [0.1, 0.15) is 20.3 Å². The van der Waals surface area contributed by atoms with E-state index in [2.05, 4.69) is 5.32 Å². The van der Waals surface area contributed by atoms with Crippen LogP contribution >= 0.6 is 0 Å². The molecule has 0 aliphatic heterocycles. The molecule has 0 aliphatic carbocycles. The van der Waals surface area contributed by atoms with Crippen molar-refractivity contribution in [3.63, 3.8) is 0 Å². The van der Waals surface area contributed by atoms with E-state index in [0.717, 1.165) is 0 Å². The Kier molecular flexibility index (Phi) is 5.79. The zero-order valence-electron chi connectivity index (χ0n) is 9.95. The van der Waals surface area contributed by atoms with Crippen LogP contribution in [0, 0.1) is 0 Å². The van der Waals surface area contributed by atoms with Gasteiger partial charge < -0.3 is 20.4 Å². The number of aliphatic hydroxyl groups is 1. The van der Waals surface area contributed by atoms with Gasteiger partial charge in [0.05, 0.1) is 5.60 Å². The number of hydrogen-bond acceptors (Lipinski definition) is 4. The molecule has 0 rings (SSSR count). The highest BCUT2D eigenvalue weighted by atomic mass is 16.4. The third kappa shape index (κ3) is 6.43. The van der Waals surface area contributed by atoms with Gasteiger partial charge in [0.15, 0.2) is 0 Å². The molecular formula is C10H22N2O3. The Morgan fingerprint density at radius 3 is 2.40 bits per heavy atom. The maximum atomic E-state index is 10.7. The SMILES string of the molecule is CCC(NCC(C)(O)CN(C)C)C(=O)O. The monoisotopic (exact) mass is 218 g/mol. The van der Waals surface area contributed by atoms with Gasteiger partial charge in [-0.2, -0.15) is 0 Å². The minimum atomic E-state index is -0.910. The fourth-order valence-corrected chi connectivity index (χ4v) is 1.49. The number of aliphatic carboxylic acids is 1. The zero-order chi connectivity index (χ0) is 12.1. The molecular weight excluding hydrogens is 196 g/mol. The number of nitrogens with zero attached hydrogens (tertiary/aromatic N) is 1. The van der Waals surface area contributed by atoms with Gasteiger partial charge in [-0.15, -0.1) is 0 Å². The number of hydrogen-bond donors (Lipinski definition) is 3. The fraction of sp³-hybridized carbons (Fsp3) is 0.900. The topological polar surface area (TPSA) is 72.8 Å². The Labute approximate surface area is 91.1 Å². The molecule has 0 spiro atoms. The Balaban J connectivity index is 4.06. The van der Waals surface area contributed by atoms with Crippen LogP contribution in [0.4, 0.5) is 0 Å². The second-order valence-corrected chi connectivity index (χ2v) is 4.41. The van der Waals surface area contributed by atoms with Gasteiger partial charge in [-0.1, -0.05) is 6.92 Å². The van der Waals surface area contributed by atoms with Gasteiger partial charge in [0, 0.05) is 13.1 Å². The van der Waals surface area contributed by atoms with Crippen molar-refractivity contribution in [2.24, 2.45) is 0 Å². The molecule has 0 aliphatic rings. The summed E-state index contributed by atoms with van der Waals surface area (Å²) in [5.41, 5.74) is -0.910. The largest absolute Gasteiger partial charge is 0.480 e. The van der Waals surface area contributed by atoms with E-state index in [0.29, 0.717) is 13.0 Å². The van der Waals surface area contributed by atoms with E-state index >= 15 is 0 Å². The van der Waals surface area contributed by atoms with E-state index in [1.54, 1.807) is 13.8 Å². The zero-order valence-corrected chi connectivity index (χ0v) is 9.95. The number of nitrogens with one attached hydrogen (secondary N) is 1. The third-order valence-corrected chi connectivity index (χ3v) is 2.09. The van der Waals surface area contributed by atoms with E-state index in [4.69, 9.17) is 5.11 Å². The third-order valence-electron chi connectivity index (χ3n) is 2.09. The van der Waals surface area contributed by atoms with Crippen molar-refractivity contribution >= 4 is 5.97 Å². The van der Waals surface area contributed by atoms with E-state index in [9.17, 15) is 9.90 Å². The molecule has 0 aromatic carbocycles. The highest BCUT2D eigenvalue weighted by Crippen LogP contribution is 2.04. The van der Waals surface area contributed by atoms with Gasteiger partial charge in [-0.3, -0.25) is 4.79 Å². The first kappa shape index (κ1) is 14.3. The molecule has 5 nitrogen and oxygen atoms in total. The number of carboxylic acids is 1. The highest BCUT2D eigenvalue weighted by molar-refractivity contribution is 5.73. The van der Waals surface area contributed by atoms with Crippen LogP contribution in [0.5, 0.6) is 0 Å².